The van der Waals surface area contributed by atoms with Crippen LogP contribution in [-0.2, 0) is 5.41 Å². The molecule has 1 aliphatic rings. The molecule has 112 valence electrons. The van der Waals surface area contributed by atoms with E-state index in [2.05, 4.69) is 37.3 Å². The third-order valence-electron chi connectivity index (χ3n) is 4.00. The van der Waals surface area contributed by atoms with Gasteiger partial charge >= 0.3 is 0 Å². The Morgan fingerprint density at radius 2 is 2.20 bits per heavy atom. The SMILES string of the molecule is CCC1CN(C(=O)c2snnc2C(C)(C)C)CCC1N. The average Bonchev–Trinajstić information content (AvgIpc) is 2.87. The van der Waals surface area contributed by atoms with Crippen LogP contribution in [-0.4, -0.2) is 39.5 Å². The lowest BCUT2D eigenvalue weighted by molar-refractivity contribution is 0.0651. The molecule has 2 atom stereocenters. The van der Waals surface area contributed by atoms with Gasteiger partial charge in [-0.05, 0) is 23.9 Å². The van der Waals surface area contributed by atoms with Crippen molar-refractivity contribution in [2.75, 3.05) is 13.1 Å². The normalized spacial score (nSPS) is 23.9. The molecule has 5 nitrogen and oxygen atoms in total. The minimum absolute atomic E-state index is 0.0651. The Hall–Kier alpha value is -1.01. The molecule has 0 saturated carbocycles. The van der Waals surface area contributed by atoms with E-state index in [-0.39, 0.29) is 17.4 Å². The fourth-order valence-electron chi connectivity index (χ4n) is 2.63. The van der Waals surface area contributed by atoms with E-state index in [1.807, 2.05) is 4.90 Å². The second-order valence-corrected chi connectivity index (χ2v) is 7.33. The van der Waals surface area contributed by atoms with Crippen molar-refractivity contribution >= 4 is 17.4 Å². The second kappa shape index (κ2) is 5.77. The minimum Gasteiger partial charge on any atom is -0.337 e. The molecular weight excluding hydrogens is 272 g/mol. The number of likely N-dealkylation sites (tertiary alicyclic amines) is 1. The number of nitrogens with zero attached hydrogens (tertiary/aromatic N) is 3. The standard InChI is InChI=1S/C14H24N4OS/c1-5-9-8-18(7-6-10(9)15)13(19)11-12(14(2,3)4)16-17-20-11/h9-10H,5-8,15H2,1-4H3. The van der Waals surface area contributed by atoms with Crippen LogP contribution in [0, 0.1) is 5.92 Å². The highest BCUT2D eigenvalue weighted by atomic mass is 32.1. The van der Waals surface area contributed by atoms with Crippen molar-refractivity contribution < 1.29 is 4.79 Å². The highest BCUT2D eigenvalue weighted by Crippen LogP contribution is 2.28. The third kappa shape index (κ3) is 3.01. The first-order valence-corrected chi connectivity index (χ1v) is 7.99. The number of amides is 1. The highest BCUT2D eigenvalue weighted by molar-refractivity contribution is 7.08. The Bertz CT molecular complexity index is 480. The zero-order valence-corrected chi connectivity index (χ0v) is 13.5. The summed E-state index contributed by atoms with van der Waals surface area (Å²) in [5.41, 5.74) is 6.75. The van der Waals surface area contributed by atoms with E-state index in [9.17, 15) is 4.79 Å². The summed E-state index contributed by atoms with van der Waals surface area (Å²) in [7, 11) is 0. The molecule has 0 radical (unpaired) electrons. The molecule has 0 aromatic carbocycles. The fourth-order valence-corrected chi connectivity index (χ4v) is 3.48. The van der Waals surface area contributed by atoms with E-state index < -0.39 is 0 Å². The molecule has 2 rings (SSSR count). The number of aromatic nitrogens is 2. The van der Waals surface area contributed by atoms with Gasteiger partial charge in [0.1, 0.15) is 4.88 Å². The Morgan fingerprint density at radius 3 is 2.80 bits per heavy atom. The molecule has 1 amide bonds. The van der Waals surface area contributed by atoms with Crippen molar-refractivity contribution in [2.24, 2.45) is 11.7 Å². The lowest BCUT2D eigenvalue weighted by Gasteiger charge is -2.36. The van der Waals surface area contributed by atoms with Crippen LogP contribution in [0.3, 0.4) is 0 Å². The second-order valence-electron chi connectivity index (χ2n) is 6.57. The van der Waals surface area contributed by atoms with Crippen LogP contribution in [0.15, 0.2) is 0 Å². The molecule has 1 saturated heterocycles. The summed E-state index contributed by atoms with van der Waals surface area (Å²) in [6.45, 7) is 9.79. The summed E-state index contributed by atoms with van der Waals surface area (Å²) in [5.74, 6) is 0.460. The lowest BCUT2D eigenvalue weighted by Crippen LogP contribution is -2.49. The van der Waals surface area contributed by atoms with E-state index in [0.29, 0.717) is 10.8 Å². The number of rotatable bonds is 2. The summed E-state index contributed by atoms with van der Waals surface area (Å²) in [6.07, 6.45) is 1.89. The van der Waals surface area contributed by atoms with Crippen molar-refractivity contribution in [1.29, 1.82) is 0 Å². The van der Waals surface area contributed by atoms with Crippen LogP contribution in [0.4, 0.5) is 0 Å². The van der Waals surface area contributed by atoms with Gasteiger partial charge in [-0.2, -0.15) is 0 Å². The highest BCUT2D eigenvalue weighted by Gasteiger charge is 2.33. The van der Waals surface area contributed by atoms with E-state index in [0.717, 1.165) is 31.6 Å². The predicted molar refractivity (Wildman–Crippen MR) is 80.9 cm³/mol. The molecule has 2 heterocycles. The Kier molecular flexibility index (Phi) is 4.44. The van der Waals surface area contributed by atoms with Gasteiger partial charge in [-0.15, -0.1) is 5.10 Å². The average molecular weight is 296 g/mol. The first-order valence-electron chi connectivity index (χ1n) is 7.22. The van der Waals surface area contributed by atoms with Crippen molar-refractivity contribution in [3.8, 4) is 0 Å². The molecule has 1 aliphatic heterocycles. The van der Waals surface area contributed by atoms with Gasteiger partial charge in [0.05, 0.1) is 5.69 Å². The van der Waals surface area contributed by atoms with E-state index >= 15 is 0 Å². The summed E-state index contributed by atoms with van der Waals surface area (Å²) >= 11 is 1.20. The van der Waals surface area contributed by atoms with Crippen molar-refractivity contribution in [3.05, 3.63) is 10.6 Å². The zero-order valence-electron chi connectivity index (χ0n) is 12.7. The van der Waals surface area contributed by atoms with Gasteiger partial charge < -0.3 is 10.6 Å². The summed E-state index contributed by atoms with van der Waals surface area (Å²) in [4.78, 5) is 15.3. The van der Waals surface area contributed by atoms with Gasteiger partial charge in [-0.25, -0.2) is 0 Å². The molecule has 0 spiro atoms. The summed E-state index contributed by atoms with van der Waals surface area (Å²) in [6, 6.07) is 0.214. The number of carbonyl (C=O) groups excluding carboxylic acids is 1. The Morgan fingerprint density at radius 1 is 1.50 bits per heavy atom. The monoisotopic (exact) mass is 296 g/mol. The molecule has 20 heavy (non-hydrogen) atoms. The molecule has 0 aliphatic carbocycles. The molecule has 2 unspecified atom stereocenters. The Labute approximate surface area is 124 Å². The lowest BCUT2D eigenvalue weighted by atomic mass is 9.89. The van der Waals surface area contributed by atoms with Crippen LogP contribution < -0.4 is 5.73 Å². The minimum atomic E-state index is -0.158. The maximum Gasteiger partial charge on any atom is 0.267 e. The number of hydrogen-bond acceptors (Lipinski definition) is 5. The largest absolute Gasteiger partial charge is 0.337 e. The number of hydrogen-bond donors (Lipinski definition) is 1. The predicted octanol–water partition coefficient (Wildman–Crippen LogP) is 2.04. The van der Waals surface area contributed by atoms with Crippen LogP contribution in [0.2, 0.25) is 0 Å². The smallest absolute Gasteiger partial charge is 0.267 e. The van der Waals surface area contributed by atoms with Crippen LogP contribution >= 0.6 is 11.5 Å². The number of nitrogens with two attached hydrogens (primary N) is 1. The third-order valence-corrected chi connectivity index (χ3v) is 4.71. The van der Waals surface area contributed by atoms with Gasteiger partial charge in [-0.3, -0.25) is 4.79 Å². The maximum atomic E-state index is 12.7. The van der Waals surface area contributed by atoms with E-state index in [1.54, 1.807) is 0 Å². The maximum absolute atomic E-state index is 12.7. The molecular formula is C14H24N4OS. The molecule has 6 heteroatoms. The fraction of sp³-hybridized carbons (Fsp3) is 0.786. The molecule has 0 bridgehead atoms. The molecule has 1 aromatic heterocycles. The number of carbonyl (C=O) groups is 1. The van der Waals surface area contributed by atoms with Crippen LogP contribution in [0.5, 0.6) is 0 Å². The van der Waals surface area contributed by atoms with E-state index in [4.69, 9.17) is 5.73 Å². The van der Waals surface area contributed by atoms with Gasteiger partial charge in [0.2, 0.25) is 0 Å². The van der Waals surface area contributed by atoms with Gasteiger partial charge in [0, 0.05) is 24.5 Å². The molecule has 2 N–H and O–H groups in total. The van der Waals surface area contributed by atoms with Crippen molar-refractivity contribution in [1.82, 2.24) is 14.5 Å². The topological polar surface area (TPSA) is 72.1 Å². The zero-order chi connectivity index (χ0) is 14.9. The number of piperidine rings is 1. The Balaban J connectivity index is 2.18. The van der Waals surface area contributed by atoms with Crippen molar-refractivity contribution in [2.45, 2.75) is 52.0 Å². The van der Waals surface area contributed by atoms with Gasteiger partial charge in [-0.1, -0.05) is 38.6 Å². The van der Waals surface area contributed by atoms with Crippen molar-refractivity contribution in [3.63, 3.8) is 0 Å². The molecule has 1 aromatic rings. The molecule has 1 fully saturated rings. The quantitative estimate of drug-likeness (QED) is 0.906. The summed E-state index contributed by atoms with van der Waals surface area (Å²) < 4.78 is 3.98. The first kappa shape index (κ1) is 15.4. The van der Waals surface area contributed by atoms with Gasteiger partial charge in [0.15, 0.2) is 0 Å². The van der Waals surface area contributed by atoms with Crippen LogP contribution in [0.1, 0.15) is 55.9 Å². The van der Waals surface area contributed by atoms with Gasteiger partial charge in [0.25, 0.3) is 5.91 Å². The first-order chi connectivity index (χ1) is 9.34. The van der Waals surface area contributed by atoms with Crippen LogP contribution in [0.25, 0.3) is 0 Å². The summed E-state index contributed by atoms with van der Waals surface area (Å²) in [5, 5.41) is 4.15. The van der Waals surface area contributed by atoms with E-state index in [1.165, 1.54) is 11.5 Å².